The summed E-state index contributed by atoms with van der Waals surface area (Å²) < 4.78 is 26.9. The lowest BCUT2D eigenvalue weighted by molar-refractivity contribution is 0.0737. The summed E-state index contributed by atoms with van der Waals surface area (Å²) >= 11 is 0. The van der Waals surface area contributed by atoms with Gasteiger partial charge in [-0.1, -0.05) is 18.2 Å². The van der Waals surface area contributed by atoms with Gasteiger partial charge in [0, 0.05) is 31.7 Å². The number of para-hydroxylation sites is 1. The van der Waals surface area contributed by atoms with Crippen LogP contribution in [0.3, 0.4) is 0 Å². The average Bonchev–Trinajstić information content (AvgIpc) is 3.16. The van der Waals surface area contributed by atoms with Crippen LogP contribution in [0.25, 0.3) is 0 Å². The van der Waals surface area contributed by atoms with Crippen molar-refractivity contribution in [3.8, 4) is 0 Å². The number of likely N-dealkylation sites (N-methyl/N-ethyl adjacent to an activating group) is 1. The Morgan fingerprint density at radius 3 is 2.39 bits per heavy atom. The SMILES string of the molecule is CNCC1CCCN1C(=O)c1ccc(S(=O)(=O)N(C)c2ccccc2)cc1.Cl. The Bertz CT molecular complexity index is 889. The van der Waals surface area contributed by atoms with Crippen molar-refractivity contribution in [2.75, 3.05) is 31.5 Å². The number of amides is 1. The van der Waals surface area contributed by atoms with E-state index in [-0.39, 0.29) is 29.3 Å². The maximum absolute atomic E-state index is 12.8. The highest BCUT2D eigenvalue weighted by Gasteiger charge is 2.29. The van der Waals surface area contributed by atoms with Gasteiger partial charge in [-0.3, -0.25) is 9.10 Å². The number of likely N-dealkylation sites (tertiary alicyclic amines) is 1. The van der Waals surface area contributed by atoms with E-state index in [1.54, 1.807) is 36.4 Å². The summed E-state index contributed by atoms with van der Waals surface area (Å²) in [6, 6.07) is 15.3. The second-order valence-electron chi connectivity index (χ2n) is 6.68. The largest absolute Gasteiger partial charge is 0.334 e. The molecule has 1 amide bonds. The number of rotatable bonds is 6. The Balaban J connectivity index is 0.00000280. The van der Waals surface area contributed by atoms with E-state index in [1.807, 2.05) is 18.0 Å². The number of halogens is 1. The minimum absolute atomic E-state index is 0. The number of hydrogen-bond donors (Lipinski definition) is 1. The van der Waals surface area contributed by atoms with Gasteiger partial charge in [0.2, 0.25) is 0 Å². The predicted octanol–water partition coefficient (Wildman–Crippen LogP) is 2.76. The van der Waals surface area contributed by atoms with E-state index < -0.39 is 10.0 Å². The zero-order valence-corrected chi connectivity index (χ0v) is 17.7. The molecule has 1 unspecified atom stereocenters. The predicted molar refractivity (Wildman–Crippen MR) is 114 cm³/mol. The lowest BCUT2D eigenvalue weighted by Gasteiger charge is -2.25. The molecule has 6 nitrogen and oxygen atoms in total. The van der Waals surface area contributed by atoms with Crippen molar-refractivity contribution in [1.29, 1.82) is 0 Å². The van der Waals surface area contributed by atoms with E-state index in [1.165, 1.54) is 23.5 Å². The fourth-order valence-corrected chi connectivity index (χ4v) is 4.62. The first-order valence-electron chi connectivity index (χ1n) is 9.05. The van der Waals surface area contributed by atoms with Crippen molar-refractivity contribution in [2.45, 2.75) is 23.8 Å². The third-order valence-corrected chi connectivity index (χ3v) is 6.76. The second kappa shape index (κ2) is 9.41. The molecule has 0 aliphatic carbocycles. The summed E-state index contributed by atoms with van der Waals surface area (Å²) in [5.74, 6) is -0.0480. The summed E-state index contributed by atoms with van der Waals surface area (Å²) in [5, 5.41) is 3.12. The molecule has 1 N–H and O–H groups in total. The topological polar surface area (TPSA) is 69.7 Å². The molecule has 152 valence electrons. The van der Waals surface area contributed by atoms with Crippen LogP contribution >= 0.6 is 12.4 Å². The van der Waals surface area contributed by atoms with Gasteiger partial charge in [0.15, 0.2) is 0 Å². The van der Waals surface area contributed by atoms with Gasteiger partial charge in [0.05, 0.1) is 10.6 Å². The quantitative estimate of drug-likeness (QED) is 0.775. The summed E-state index contributed by atoms with van der Waals surface area (Å²) in [5.41, 5.74) is 1.10. The van der Waals surface area contributed by atoms with Crippen LogP contribution in [0.2, 0.25) is 0 Å². The number of nitrogens with zero attached hydrogens (tertiary/aromatic N) is 2. The van der Waals surface area contributed by atoms with Gasteiger partial charge in [0.25, 0.3) is 15.9 Å². The van der Waals surface area contributed by atoms with Crippen LogP contribution in [0.15, 0.2) is 59.5 Å². The molecule has 1 atom stereocenters. The Labute approximate surface area is 173 Å². The fourth-order valence-electron chi connectivity index (χ4n) is 3.42. The molecule has 1 fully saturated rings. The molecule has 2 aromatic carbocycles. The number of sulfonamides is 1. The van der Waals surface area contributed by atoms with Crippen LogP contribution in [0, 0.1) is 0 Å². The number of hydrogen-bond acceptors (Lipinski definition) is 4. The Morgan fingerprint density at radius 2 is 1.79 bits per heavy atom. The first-order valence-corrected chi connectivity index (χ1v) is 10.5. The van der Waals surface area contributed by atoms with Crippen LogP contribution < -0.4 is 9.62 Å². The van der Waals surface area contributed by atoms with Crippen molar-refractivity contribution < 1.29 is 13.2 Å². The molecule has 0 aromatic heterocycles. The van der Waals surface area contributed by atoms with Gasteiger partial charge < -0.3 is 10.2 Å². The maximum Gasteiger partial charge on any atom is 0.264 e. The van der Waals surface area contributed by atoms with E-state index in [9.17, 15) is 13.2 Å². The average molecular weight is 424 g/mol. The molecule has 1 aliphatic heterocycles. The van der Waals surface area contributed by atoms with E-state index in [0.717, 1.165) is 25.9 Å². The molecular formula is C20H26ClN3O3S. The normalized spacial score (nSPS) is 16.5. The number of anilines is 1. The zero-order chi connectivity index (χ0) is 19.4. The van der Waals surface area contributed by atoms with Gasteiger partial charge >= 0.3 is 0 Å². The molecule has 1 heterocycles. The number of carbonyl (C=O) groups excluding carboxylic acids is 1. The number of benzene rings is 2. The van der Waals surface area contributed by atoms with Crippen molar-refractivity contribution in [3.05, 3.63) is 60.2 Å². The van der Waals surface area contributed by atoms with Crippen LogP contribution in [-0.2, 0) is 10.0 Å². The van der Waals surface area contributed by atoms with Crippen molar-refractivity contribution in [2.24, 2.45) is 0 Å². The van der Waals surface area contributed by atoms with Gasteiger partial charge in [-0.05, 0) is 56.3 Å². The van der Waals surface area contributed by atoms with Crippen LogP contribution in [0.4, 0.5) is 5.69 Å². The molecule has 8 heteroatoms. The number of nitrogens with one attached hydrogen (secondary N) is 1. The summed E-state index contributed by atoms with van der Waals surface area (Å²) in [4.78, 5) is 14.8. The van der Waals surface area contributed by atoms with E-state index in [0.29, 0.717) is 11.3 Å². The third-order valence-electron chi connectivity index (χ3n) is 4.96. The molecular weight excluding hydrogens is 398 g/mol. The fraction of sp³-hybridized carbons (Fsp3) is 0.350. The minimum Gasteiger partial charge on any atom is -0.334 e. The summed E-state index contributed by atoms with van der Waals surface area (Å²) in [6.07, 6.45) is 1.98. The molecule has 1 saturated heterocycles. The highest BCUT2D eigenvalue weighted by atomic mass is 35.5. The van der Waals surface area contributed by atoms with Gasteiger partial charge in [-0.2, -0.15) is 0 Å². The zero-order valence-electron chi connectivity index (χ0n) is 16.0. The molecule has 0 spiro atoms. The highest BCUT2D eigenvalue weighted by molar-refractivity contribution is 7.92. The van der Waals surface area contributed by atoms with Gasteiger partial charge in [-0.25, -0.2) is 8.42 Å². The molecule has 28 heavy (non-hydrogen) atoms. The van der Waals surface area contributed by atoms with E-state index in [2.05, 4.69) is 5.32 Å². The third kappa shape index (κ3) is 4.48. The monoisotopic (exact) mass is 423 g/mol. The Morgan fingerprint density at radius 1 is 1.14 bits per heavy atom. The Hall–Kier alpha value is -2.09. The first-order chi connectivity index (χ1) is 12.9. The molecule has 2 aromatic rings. The Kier molecular flexibility index (Phi) is 7.46. The first kappa shape index (κ1) is 22.2. The van der Waals surface area contributed by atoms with Crippen molar-refractivity contribution in [3.63, 3.8) is 0 Å². The van der Waals surface area contributed by atoms with E-state index >= 15 is 0 Å². The van der Waals surface area contributed by atoms with Crippen molar-refractivity contribution in [1.82, 2.24) is 10.2 Å². The smallest absolute Gasteiger partial charge is 0.264 e. The maximum atomic E-state index is 12.8. The standard InChI is InChI=1S/C20H25N3O3S.ClH/c1-21-15-18-9-6-14-23(18)20(24)16-10-12-19(13-11-16)27(25,26)22(2)17-7-4-3-5-8-17;/h3-5,7-8,10-13,18,21H,6,9,14-15H2,1-2H3;1H. The van der Waals surface area contributed by atoms with Crippen LogP contribution in [0.5, 0.6) is 0 Å². The number of carbonyl (C=O) groups is 1. The van der Waals surface area contributed by atoms with Crippen LogP contribution in [-0.4, -0.2) is 52.5 Å². The molecule has 0 saturated carbocycles. The second-order valence-corrected chi connectivity index (χ2v) is 8.65. The molecule has 1 aliphatic rings. The van der Waals surface area contributed by atoms with Gasteiger partial charge in [0.1, 0.15) is 0 Å². The highest BCUT2D eigenvalue weighted by Crippen LogP contribution is 2.24. The molecule has 0 bridgehead atoms. The van der Waals surface area contributed by atoms with E-state index in [4.69, 9.17) is 0 Å². The molecule has 0 radical (unpaired) electrons. The molecule has 3 rings (SSSR count). The van der Waals surface area contributed by atoms with Gasteiger partial charge in [-0.15, -0.1) is 12.4 Å². The summed E-state index contributed by atoms with van der Waals surface area (Å²) in [6.45, 7) is 1.50. The lowest BCUT2D eigenvalue weighted by atomic mass is 10.1. The minimum atomic E-state index is -3.67. The lowest BCUT2D eigenvalue weighted by Crippen LogP contribution is -2.40. The van der Waals surface area contributed by atoms with Crippen molar-refractivity contribution >= 4 is 34.0 Å². The van der Waals surface area contributed by atoms with Crippen LogP contribution in [0.1, 0.15) is 23.2 Å². The summed E-state index contributed by atoms with van der Waals surface area (Å²) in [7, 11) is -0.272.